The predicted molar refractivity (Wildman–Crippen MR) is 71.2 cm³/mol. The van der Waals surface area contributed by atoms with Crippen molar-refractivity contribution in [2.75, 3.05) is 33.4 Å². The van der Waals surface area contributed by atoms with E-state index < -0.39 is 0 Å². The second-order valence-electron chi connectivity index (χ2n) is 4.68. The highest BCUT2D eigenvalue weighted by Crippen LogP contribution is 2.23. The minimum absolute atomic E-state index is 0.105. The first-order valence-electron chi connectivity index (χ1n) is 6.49. The van der Waals surface area contributed by atoms with Gasteiger partial charge in [0.15, 0.2) is 0 Å². The van der Waals surface area contributed by atoms with E-state index >= 15 is 0 Å². The molecule has 1 heterocycles. The Balaban J connectivity index is 1.83. The van der Waals surface area contributed by atoms with E-state index in [9.17, 15) is 0 Å². The molecule has 4 heteroatoms. The van der Waals surface area contributed by atoms with Crippen molar-refractivity contribution in [2.24, 2.45) is 0 Å². The molecule has 1 aromatic carbocycles. The molecule has 2 N–H and O–H groups in total. The lowest BCUT2D eigenvalue weighted by molar-refractivity contribution is 0.0731. The Bertz CT molecular complexity index is 382. The Morgan fingerprint density at radius 2 is 2.11 bits per heavy atom. The van der Waals surface area contributed by atoms with Crippen LogP contribution >= 0.6 is 0 Å². The standard InChI is InChI=1S/C14H22N2O2/c1-15-9-12-2-3-13-10-16(11-14(13)8-12)4-6-18-7-5-17/h2-3,8,15,17H,4-7,9-11H2,1H3. The molecule has 1 aromatic rings. The molecule has 0 unspecified atom stereocenters. The fraction of sp³-hybridized carbons (Fsp3) is 0.571. The fourth-order valence-corrected chi connectivity index (χ4v) is 2.35. The zero-order valence-electron chi connectivity index (χ0n) is 11.0. The molecular weight excluding hydrogens is 228 g/mol. The van der Waals surface area contributed by atoms with Crippen LogP contribution in [0.5, 0.6) is 0 Å². The van der Waals surface area contributed by atoms with Crippen LogP contribution in [0.25, 0.3) is 0 Å². The maximum Gasteiger partial charge on any atom is 0.0698 e. The van der Waals surface area contributed by atoms with Crippen LogP contribution in [0, 0.1) is 0 Å². The van der Waals surface area contributed by atoms with Gasteiger partial charge in [0.05, 0.1) is 19.8 Å². The van der Waals surface area contributed by atoms with Crippen LogP contribution in [-0.2, 0) is 24.4 Å². The molecule has 0 atom stereocenters. The molecule has 1 aliphatic heterocycles. The molecule has 2 rings (SSSR count). The number of nitrogens with zero attached hydrogens (tertiary/aromatic N) is 1. The van der Waals surface area contributed by atoms with Crippen molar-refractivity contribution in [1.29, 1.82) is 0 Å². The molecule has 0 saturated carbocycles. The number of ether oxygens (including phenoxy) is 1. The first kappa shape index (κ1) is 13.5. The predicted octanol–water partition coefficient (Wildman–Crippen LogP) is 0.730. The van der Waals surface area contributed by atoms with Gasteiger partial charge in [-0.1, -0.05) is 18.2 Å². The molecule has 0 amide bonds. The summed E-state index contributed by atoms with van der Waals surface area (Å²) in [4.78, 5) is 2.38. The fourth-order valence-electron chi connectivity index (χ4n) is 2.35. The van der Waals surface area contributed by atoms with Gasteiger partial charge in [0, 0.05) is 26.2 Å². The van der Waals surface area contributed by atoms with Crippen molar-refractivity contribution in [3.8, 4) is 0 Å². The lowest BCUT2D eigenvalue weighted by Crippen LogP contribution is -2.22. The summed E-state index contributed by atoms with van der Waals surface area (Å²) in [5, 5.41) is 11.8. The minimum Gasteiger partial charge on any atom is -0.394 e. The highest BCUT2D eigenvalue weighted by Gasteiger charge is 2.18. The molecule has 0 spiro atoms. The highest BCUT2D eigenvalue weighted by atomic mass is 16.5. The largest absolute Gasteiger partial charge is 0.394 e. The number of nitrogens with one attached hydrogen (secondary N) is 1. The van der Waals surface area contributed by atoms with Crippen molar-refractivity contribution in [2.45, 2.75) is 19.6 Å². The Morgan fingerprint density at radius 1 is 1.28 bits per heavy atom. The summed E-state index contributed by atoms with van der Waals surface area (Å²) in [6.45, 7) is 5.11. The third kappa shape index (κ3) is 3.53. The molecule has 18 heavy (non-hydrogen) atoms. The van der Waals surface area contributed by atoms with Gasteiger partial charge in [0.2, 0.25) is 0 Å². The van der Waals surface area contributed by atoms with Gasteiger partial charge in [0.1, 0.15) is 0 Å². The zero-order chi connectivity index (χ0) is 12.8. The first-order valence-corrected chi connectivity index (χ1v) is 6.49. The summed E-state index contributed by atoms with van der Waals surface area (Å²) >= 11 is 0. The Hall–Kier alpha value is -0.940. The molecule has 1 aliphatic rings. The Labute approximate surface area is 109 Å². The molecule has 100 valence electrons. The van der Waals surface area contributed by atoms with Gasteiger partial charge in [-0.05, 0) is 23.7 Å². The van der Waals surface area contributed by atoms with E-state index in [0.717, 1.165) is 26.2 Å². The number of benzene rings is 1. The van der Waals surface area contributed by atoms with E-state index in [2.05, 4.69) is 28.4 Å². The molecule has 0 saturated heterocycles. The Kier molecular flexibility index (Phi) is 5.13. The van der Waals surface area contributed by atoms with Crippen LogP contribution in [0.3, 0.4) is 0 Å². The van der Waals surface area contributed by atoms with E-state index in [0.29, 0.717) is 13.2 Å². The molecule has 0 radical (unpaired) electrons. The number of hydrogen-bond donors (Lipinski definition) is 2. The van der Waals surface area contributed by atoms with Crippen molar-refractivity contribution < 1.29 is 9.84 Å². The smallest absolute Gasteiger partial charge is 0.0698 e. The molecule has 0 aliphatic carbocycles. The normalized spacial score (nSPS) is 15.0. The quantitative estimate of drug-likeness (QED) is 0.700. The summed E-state index contributed by atoms with van der Waals surface area (Å²) in [5.74, 6) is 0. The van der Waals surface area contributed by atoms with Crippen molar-refractivity contribution in [3.63, 3.8) is 0 Å². The van der Waals surface area contributed by atoms with Crippen molar-refractivity contribution in [1.82, 2.24) is 10.2 Å². The summed E-state index contributed by atoms with van der Waals surface area (Å²) in [7, 11) is 1.97. The average molecular weight is 250 g/mol. The Morgan fingerprint density at radius 3 is 2.89 bits per heavy atom. The number of aliphatic hydroxyl groups excluding tert-OH is 1. The van der Waals surface area contributed by atoms with Crippen LogP contribution in [0.4, 0.5) is 0 Å². The third-order valence-electron chi connectivity index (χ3n) is 3.23. The molecule has 0 bridgehead atoms. The van der Waals surface area contributed by atoms with E-state index in [1.807, 2.05) is 7.05 Å². The van der Waals surface area contributed by atoms with E-state index in [-0.39, 0.29) is 6.61 Å². The lowest BCUT2D eigenvalue weighted by atomic mass is 10.1. The molecule has 4 nitrogen and oxygen atoms in total. The van der Waals surface area contributed by atoms with E-state index in [1.165, 1.54) is 16.7 Å². The van der Waals surface area contributed by atoms with Gasteiger partial charge in [-0.25, -0.2) is 0 Å². The molecular formula is C14H22N2O2. The summed E-state index contributed by atoms with van der Waals surface area (Å²) < 4.78 is 5.30. The third-order valence-corrected chi connectivity index (χ3v) is 3.23. The average Bonchev–Trinajstić information content (AvgIpc) is 2.77. The van der Waals surface area contributed by atoms with E-state index in [4.69, 9.17) is 9.84 Å². The van der Waals surface area contributed by atoms with Gasteiger partial charge in [-0.15, -0.1) is 0 Å². The van der Waals surface area contributed by atoms with Crippen LogP contribution in [-0.4, -0.2) is 43.4 Å². The van der Waals surface area contributed by atoms with Crippen molar-refractivity contribution in [3.05, 3.63) is 34.9 Å². The molecule has 0 fully saturated rings. The minimum atomic E-state index is 0.105. The summed E-state index contributed by atoms with van der Waals surface area (Å²) in [6.07, 6.45) is 0. The van der Waals surface area contributed by atoms with Gasteiger partial charge >= 0.3 is 0 Å². The van der Waals surface area contributed by atoms with Gasteiger partial charge in [-0.3, -0.25) is 4.90 Å². The second-order valence-corrected chi connectivity index (χ2v) is 4.68. The van der Waals surface area contributed by atoms with Gasteiger partial charge in [0.25, 0.3) is 0 Å². The van der Waals surface area contributed by atoms with Crippen molar-refractivity contribution >= 4 is 0 Å². The number of fused-ring (bicyclic) bond motifs is 1. The summed E-state index contributed by atoms with van der Waals surface area (Å²) in [5.41, 5.74) is 4.21. The van der Waals surface area contributed by atoms with Crippen LogP contribution < -0.4 is 5.32 Å². The summed E-state index contributed by atoms with van der Waals surface area (Å²) in [6, 6.07) is 6.72. The van der Waals surface area contributed by atoms with Gasteiger partial charge < -0.3 is 15.2 Å². The first-order chi connectivity index (χ1) is 8.83. The van der Waals surface area contributed by atoms with Gasteiger partial charge in [-0.2, -0.15) is 0 Å². The highest BCUT2D eigenvalue weighted by molar-refractivity contribution is 5.34. The van der Waals surface area contributed by atoms with E-state index in [1.54, 1.807) is 0 Å². The number of hydrogen-bond acceptors (Lipinski definition) is 4. The number of rotatable bonds is 7. The topological polar surface area (TPSA) is 44.7 Å². The zero-order valence-corrected chi connectivity index (χ0v) is 11.0. The second kappa shape index (κ2) is 6.85. The maximum absolute atomic E-state index is 8.64. The monoisotopic (exact) mass is 250 g/mol. The SMILES string of the molecule is CNCc1ccc2c(c1)CN(CCOCCO)C2. The molecule has 0 aromatic heterocycles. The van der Waals surface area contributed by atoms with Crippen LogP contribution in [0.1, 0.15) is 16.7 Å². The van der Waals surface area contributed by atoms with Crippen LogP contribution in [0.15, 0.2) is 18.2 Å². The number of aliphatic hydroxyl groups is 1. The van der Waals surface area contributed by atoms with Crippen LogP contribution in [0.2, 0.25) is 0 Å². The lowest BCUT2D eigenvalue weighted by Gasteiger charge is -2.14. The maximum atomic E-state index is 8.64.